The van der Waals surface area contributed by atoms with Crippen molar-refractivity contribution in [1.82, 2.24) is 0 Å². The van der Waals surface area contributed by atoms with E-state index in [1.165, 1.54) is 34.7 Å². The van der Waals surface area contributed by atoms with Gasteiger partial charge in [0, 0.05) is 17.8 Å². The van der Waals surface area contributed by atoms with E-state index in [0.29, 0.717) is 11.4 Å². The Balaban J connectivity index is 2.12. The summed E-state index contributed by atoms with van der Waals surface area (Å²) < 4.78 is 5.09. The number of hydrogen-bond donors (Lipinski definition) is 3. The van der Waals surface area contributed by atoms with Crippen molar-refractivity contribution in [2.75, 3.05) is 4.90 Å². The molecule has 0 saturated carbocycles. The molecule has 2 aromatic carbocycles. The molecule has 0 spiro atoms. The van der Waals surface area contributed by atoms with Gasteiger partial charge in [0.05, 0.1) is 5.56 Å². The molecule has 0 fully saturated rings. The first-order chi connectivity index (χ1) is 15.4. The molecule has 3 N–H and O–H groups in total. The topological polar surface area (TPSA) is 111 Å². The summed E-state index contributed by atoms with van der Waals surface area (Å²) in [7, 11) is 0. The molecule has 0 bridgehead atoms. The van der Waals surface area contributed by atoms with Gasteiger partial charge >= 0.3 is 11.9 Å². The summed E-state index contributed by atoms with van der Waals surface area (Å²) in [6.07, 6.45) is 1.02. The van der Waals surface area contributed by atoms with Crippen LogP contribution in [-0.4, -0.2) is 34.3 Å². The number of hydrogen-bond acceptors (Lipinski definition) is 5. The lowest BCUT2D eigenvalue weighted by Gasteiger charge is -2.42. The zero-order chi connectivity index (χ0) is 24.6. The third-order valence-electron chi connectivity index (χ3n) is 6.47. The van der Waals surface area contributed by atoms with Crippen LogP contribution >= 0.6 is 0 Å². The number of carboxylic acids is 1. The van der Waals surface area contributed by atoms with Gasteiger partial charge < -0.3 is 14.9 Å². The predicted molar refractivity (Wildman–Crippen MR) is 127 cm³/mol. The number of carbonyl (C=O) groups excluding carboxylic acids is 1. The van der Waals surface area contributed by atoms with Crippen LogP contribution in [0.15, 0.2) is 42.5 Å². The lowest BCUT2D eigenvalue weighted by atomic mass is 9.63. The lowest BCUT2D eigenvalue weighted by molar-refractivity contribution is -0.116. The Labute approximate surface area is 194 Å². The van der Waals surface area contributed by atoms with Crippen LogP contribution in [0.1, 0.15) is 75.4 Å². The Kier molecular flexibility index (Phi) is 6.65. The number of nitrogens with zero attached hydrogens (tertiary/aromatic N) is 1. The molecular weight excluding hydrogens is 420 g/mol. The second kappa shape index (κ2) is 8.98. The second-order valence-corrected chi connectivity index (χ2v) is 9.80. The minimum Gasteiger partial charge on any atom is -0.478 e. The summed E-state index contributed by atoms with van der Waals surface area (Å²) in [5.74, 6) is -2.51. The van der Waals surface area contributed by atoms with Crippen LogP contribution in [0.5, 0.6) is 0 Å². The van der Waals surface area contributed by atoms with Crippen LogP contribution in [-0.2, 0) is 20.4 Å². The van der Waals surface area contributed by atoms with Gasteiger partial charge in [-0.05, 0) is 71.2 Å². The molecule has 7 heteroatoms. The molecule has 33 heavy (non-hydrogen) atoms. The standard InChI is InChI=1S/C26H32N2O5/c1-6-21(29)33-22(27)23(30)28(17-9-7-16(8-10-17)24(31)32)18-11-12-19-20(15-18)26(4,5)14-13-25(19,2)3/h7-12,15,21,27,29H,6,13-14H2,1-5H3,(H,31,32). The Morgan fingerprint density at radius 3 is 2.09 bits per heavy atom. The Morgan fingerprint density at radius 2 is 1.55 bits per heavy atom. The molecule has 0 saturated heterocycles. The number of carboxylic acid groups (broad SMARTS) is 1. The van der Waals surface area contributed by atoms with Crippen molar-refractivity contribution in [3.63, 3.8) is 0 Å². The van der Waals surface area contributed by atoms with Crippen molar-refractivity contribution >= 4 is 29.1 Å². The van der Waals surface area contributed by atoms with E-state index in [1.54, 1.807) is 6.92 Å². The largest absolute Gasteiger partial charge is 0.478 e. The number of aromatic carboxylic acids is 1. The summed E-state index contributed by atoms with van der Waals surface area (Å²) in [5.41, 5.74) is 3.31. The van der Waals surface area contributed by atoms with Crippen molar-refractivity contribution in [3.8, 4) is 0 Å². The third-order valence-corrected chi connectivity index (χ3v) is 6.47. The molecule has 0 aromatic heterocycles. The zero-order valence-corrected chi connectivity index (χ0v) is 19.8. The Bertz CT molecular complexity index is 1070. The fraction of sp³-hybridized carbons (Fsp3) is 0.423. The first kappa shape index (κ1) is 24.5. The fourth-order valence-electron chi connectivity index (χ4n) is 4.22. The Morgan fingerprint density at radius 1 is 1.00 bits per heavy atom. The minimum absolute atomic E-state index is 0.00239. The van der Waals surface area contributed by atoms with E-state index < -0.39 is 24.1 Å². The summed E-state index contributed by atoms with van der Waals surface area (Å²) >= 11 is 0. The van der Waals surface area contributed by atoms with Crippen molar-refractivity contribution in [2.45, 2.75) is 71.0 Å². The number of ether oxygens (including phenoxy) is 1. The van der Waals surface area contributed by atoms with E-state index >= 15 is 0 Å². The van der Waals surface area contributed by atoms with Gasteiger partial charge in [-0.15, -0.1) is 0 Å². The first-order valence-electron chi connectivity index (χ1n) is 11.1. The minimum atomic E-state index is -1.26. The van der Waals surface area contributed by atoms with Crippen LogP contribution in [0.25, 0.3) is 0 Å². The maximum Gasteiger partial charge on any atom is 0.335 e. The number of fused-ring (bicyclic) bond motifs is 1. The smallest absolute Gasteiger partial charge is 0.335 e. The van der Waals surface area contributed by atoms with Crippen LogP contribution in [0.2, 0.25) is 0 Å². The van der Waals surface area contributed by atoms with Gasteiger partial charge in [0.25, 0.3) is 5.90 Å². The number of amides is 1. The number of aliphatic hydroxyl groups is 1. The van der Waals surface area contributed by atoms with Crippen molar-refractivity contribution in [3.05, 3.63) is 59.2 Å². The fourth-order valence-corrected chi connectivity index (χ4v) is 4.22. The summed E-state index contributed by atoms with van der Waals surface area (Å²) in [6.45, 7) is 10.5. The van der Waals surface area contributed by atoms with E-state index in [9.17, 15) is 19.8 Å². The van der Waals surface area contributed by atoms with E-state index in [1.807, 2.05) is 18.2 Å². The third kappa shape index (κ3) is 4.93. The average Bonchev–Trinajstić information content (AvgIpc) is 2.77. The second-order valence-electron chi connectivity index (χ2n) is 9.80. The summed E-state index contributed by atoms with van der Waals surface area (Å²) in [5, 5.41) is 27.1. The predicted octanol–water partition coefficient (Wildman–Crippen LogP) is 5.12. The van der Waals surface area contributed by atoms with Gasteiger partial charge in [-0.3, -0.25) is 15.1 Å². The van der Waals surface area contributed by atoms with Gasteiger partial charge in [0.2, 0.25) is 0 Å². The average molecular weight is 453 g/mol. The molecule has 1 atom stereocenters. The first-order valence-corrected chi connectivity index (χ1v) is 11.1. The van der Waals surface area contributed by atoms with Gasteiger partial charge in [0.15, 0.2) is 6.29 Å². The van der Waals surface area contributed by atoms with Gasteiger partial charge in [-0.25, -0.2) is 4.79 Å². The molecule has 1 aliphatic carbocycles. The van der Waals surface area contributed by atoms with Crippen LogP contribution in [0, 0.1) is 5.41 Å². The number of benzene rings is 2. The number of aliphatic hydroxyl groups excluding tert-OH is 1. The van der Waals surface area contributed by atoms with Crippen molar-refractivity contribution in [1.29, 1.82) is 5.41 Å². The highest BCUT2D eigenvalue weighted by Crippen LogP contribution is 2.47. The summed E-state index contributed by atoms with van der Waals surface area (Å²) in [4.78, 5) is 25.9. The molecule has 7 nitrogen and oxygen atoms in total. The van der Waals surface area contributed by atoms with Gasteiger partial charge in [-0.1, -0.05) is 40.7 Å². The Hall–Kier alpha value is -3.19. The molecule has 0 radical (unpaired) electrons. The molecule has 1 unspecified atom stereocenters. The molecule has 176 valence electrons. The SMILES string of the molecule is CCC(O)OC(=N)C(=O)N(c1ccc(C(=O)O)cc1)c1ccc2c(c1)C(C)(C)CCC2(C)C. The van der Waals surface area contributed by atoms with Crippen LogP contribution in [0.3, 0.4) is 0 Å². The normalized spacial score (nSPS) is 16.9. The van der Waals surface area contributed by atoms with Crippen LogP contribution in [0.4, 0.5) is 11.4 Å². The zero-order valence-electron chi connectivity index (χ0n) is 19.8. The van der Waals surface area contributed by atoms with E-state index in [4.69, 9.17) is 10.1 Å². The molecule has 0 aliphatic heterocycles. The molecule has 0 heterocycles. The van der Waals surface area contributed by atoms with E-state index in [0.717, 1.165) is 18.4 Å². The molecular formula is C26H32N2O5. The number of nitrogens with one attached hydrogen (secondary N) is 1. The molecule has 1 amide bonds. The van der Waals surface area contributed by atoms with E-state index in [2.05, 4.69) is 27.7 Å². The number of anilines is 2. The highest BCUT2D eigenvalue weighted by Gasteiger charge is 2.38. The number of rotatable bonds is 5. The molecule has 3 rings (SSSR count). The highest BCUT2D eigenvalue weighted by molar-refractivity contribution is 6.41. The van der Waals surface area contributed by atoms with Gasteiger partial charge in [0.1, 0.15) is 0 Å². The maximum absolute atomic E-state index is 13.3. The lowest BCUT2D eigenvalue weighted by Crippen LogP contribution is -2.37. The monoisotopic (exact) mass is 452 g/mol. The molecule has 2 aromatic rings. The van der Waals surface area contributed by atoms with Crippen molar-refractivity contribution in [2.24, 2.45) is 0 Å². The van der Waals surface area contributed by atoms with Crippen LogP contribution < -0.4 is 4.90 Å². The number of carbonyl (C=O) groups is 2. The van der Waals surface area contributed by atoms with Gasteiger partial charge in [-0.2, -0.15) is 0 Å². The summed E-state index contributed by atoms with van der Waals surface area (Å²) in [6, 6.07) is 11.7. The molecule has 1 aliphatic rings. The highest BCUT2D eigenvalue weighted by atomic mass is 16.6. The quantitative estimate of drug-likeness (QED) is 0.331. The van der Waals surface area contributed by atoms with E-state index in [-0.39, 0.29) is 22.8 Å². The maximum atomic E-state index is 13.3. The van der Waals surface area contributed by atoms with Crippen molar-refractivity contribution < 1.29 is 24.5 Å².